The van der Waals surface area contributed by atoms with Crippen molar-refractivity contribution in [1.29, 1.82) is 0 Å². The van der Waals surface area contributed by atoms with Gasteiger partial charge in [0.1, 0.15) is 0 Å². The molecule has 1 rings (SSSR count). The quantitative estimate of drug-likeness (QED) is 0.794. The molecule has 3 nitrogen and oxygen atoms in total. The summed E-state index contributed by atoms with van der Waals surface area (Å²) in [5, 5.41) is 2.75. The van der Waals surface area contributed by atoms with E-state index in [-0.39, 0.29) is 12.5 Å². The van der Waals surface area contributed by atoms with Gasteiger partial charge in [0.15, 0.2) is 0 Å². The zero-order valence-electron chi connectivity index (χ0n) is 9.99. The number of nitrogens with two attached hydrogens (primary N) is 1. The van der Waals surface area contributed by atoms with Crippen LogP contribution < -0.4 is 11.1 Å². The van der Waals surface area contributed by atoms with Crippen LogP contribution in [0.3, 0.4) is 0 Å². The van der Waals surface area contributed by atoms with Crippen LogP contribution in [0.4, 0.5) is 0 Å². The summed E-state index contributed by atoms with van der Waals surface area (Å²) in [6.07, 6.45) is 1.14. The fourth-order valence-electron chi connectivity index (χ4n) is 1.47. The largest absolute Gasteiger partial charge is 0.351 e. The van der Waals surface area contributed by atoms with Crippen LogP contribution >= 0.6 is 0 Å². The van der Waals surface area contributed by atoms with Gasteiger partial charge in [-0.15, -0.1) is 0 Å². The molecule has 0 aliphatic rings. The van der Waals surface area contributed by atoms with Gasteiger partial charge >= 0.3 is 0 Å². The van der Waals surface area contributed by atoms with E-state index in [0.29, 0.717) is 12.5 Å². The highest BCUT2D eigenvalue weighted by Crippen LogP contribution is 2.18. The summed E-state index contributed by atoms with van der Waals surface area (Å²) >= 11 is 0. The Balaban J connectivity index is 2.54. The first kappa shape index (κ1) is 12.7. The molecular weight excluding hydrogens is 200 g/mol. The average molecular weight is 220 g/mol. The third kappa shape index (κ3) is 3.66. The molecule has 1 unspecified atom stereocenters. The van der Waals surface area contributed by atoms with Crippen LogP contribution in [0.15, 0.2) is 24.3 Å². The lowest BCUT2D eigenvalue weighted by Crippen LogP contribution is -2.29. The molecule has 0 bridgehead atoms. The number of amides is 1. The van der Waals surface area contributed by atoms with Crippen LogP contribution in [0.25, 0.3) is 0 Å². The lowest BCUT2D eigenvalue weighted by atomic mass is 9.98. The van der Waals surface area contributed by atoms with Crippen molar-refractivity contribution in [2.75, 3.05) is 6.54 Å². The third-order valence-electron chi connectivity index (χ3n) is 2.84. The minimum atomic E-state index is -0.119. The van der Waals surface area contributed by atoms with E-state index in [9.17, 15) is 4.79 Å². The van der Waals surface area contributed by atoms with E-state index >= 15 is 0 Å². The molecule has 0 radical (unpaired) electrons. The van der Waals surface area contributed by atoms with Crippen molar-refractivity contribution in [3.63, 3.8) is 0 Å². The summed E-state index contributed by atoms with van der Waals surface area (Å²) in [5.41, 5.74) is 7.66. The van der Waals surface area contributed by atoms with Crippen LogP contribution in [0.2, 0.25) is 0 Å². The minimum absolute atomic E-state index is 0.0466. The second kappa shape index (κ2) is 6.28. The Kier molecular flexibility index (Phi) is 4.99. The molecule has 1 aromatic carbocycles. The molecule has 0 aliphatic carbocycles. The first-order valence-electron chi connectivity index (χ1n) is 5.73. The van der Waals surface area contributed by atoms with E-state index in [2.05, 4.69) is 43.4 Å². The van der Waals surface area contributed by atoms with Gasteiger partial charge in [-0.3, -0.25) is 4.79 Å². The van der Waals surface area contributed by atoms with Crippen molar-refractivity contribution in [3.05, 3.63) is 35.4 Å². The summed E-state index contributed by atoms with van der Waals surface area (Å²) in [4.78, 5) is 11.0. The summed E-state index contributed by atoms with van der Waals surface area (Å²) in [5.74, 6) is 0.471. The highest BCUT2D eigenvalue weighted by molar-refractivity contribution is 5.77. The van der Waals surface area contributed by atoms with Crippen LogP contribution in [0.1, 0.15) is 37.3 Å². The number of carbonyl (C=O) groups excluding carboxylic acids is 1. The molecule has 1 aromatic rings. The lowest BCUT2D eigenvalue weighted by molar-refractivity contribution is -0.119. The molecule has 1 atom stereocenters. The molecule has 16 heavy (non-hydrogen) atoms. The second-order valence-corrected chi connectivity index (χ2v) is 4.03. The smallest absolute Gasteiger partial charge is 0.234 e. The summed E-state index contributed by atoms with van der Waals surface area (Å²) < 4.78 is 0. The molecule has 0 heterocycles. The van der Waals surface area contributed by atoms with Crippen LogP contribution in [0.5, 0.6) is 0 Å². The first-order valence-corrected chi connectivity index (χ1v) is 5.73. The molecule has 88 valence electrons. The highest BCUT2D eigenvalue weighted by Gasteiger charge is 2.02. The fraction of sp³-hybridized carbons (Fsp3) is 0.462. The Morgan fingerprint density at radius 3 is 2.50 bits per heavy atom. The standard InChI is InChI=1S/C13H20N2O/c1-3-10(2)12-6-4-11(5-7-12)9-15-13(16)8-14/h4-7,10H,3,8-9,14H2,1-2H3,(H,15,16). The zero-order valence-corrected chi connectivity index (χ0v) is 9.99. The number of hydrogen-bond donors (Lipinski definition) is 2. The van der Waals surface area contributed by atoms with E-state index in [4.69, 9.17) is 5.73 Å². The minimum Gasteiger partial charge on any atom is -0.351 e. The van der Waals surface area contributed by atoms with Crippen molar-refractivity contribution in [2.45, 2.75) is 32.7 Å². The van der Waals surface area contributed by atoms with Crippen molar-refractivity contribution in [3.8, 4) is 0 Å². The predicted octanol–water partition coefficient (Wildman–Crippen LogP) is 1.77. The molecule has 0 fully saturated rings. The lowest BCUT2D eigenvalue weighted by Gasteiger charge is -2.10. The van der Waals surface area contributed by atoms with Gasteiger partial charge in [-0.25, -0.2) is 0 Å². The van der Waals surface area contributed by atoms with Gasteiger partial charge in [0, 0.05) is 6.54 Å². The number of rotatable bonds is 5. The maximum atomic E-state index is 11.0. The molecule has 1 amide bonds. The van der Waals surface area contributed by atoms with Gasteiger partial charge in [0.05, 0.1) is 6.54 Å². The van der Waals surface area contributed by atoms with E-state index in [0.717, 1.165) is 12.0 Å². The van der Waals surface area contributed by atoms with Crippen LogP contribution in [0, 0.1) is 0 Å². The van der Waals surface area contributed by atoms with Crippen LogP contribution in [-0.4, -0.2) is 12.5 Å². The number of nitrogens with one attached hydrogen (secondary N) is 1. The maximum absolute atomic E-state index is 11.0. The van der Waals surface area contributed by atoms with E-state index in [1.165, 1.54) is 5.56 Å². The Morgan fingerprint density at radius 2 is 2.00 bits per heavy atom. The molecule has 3 heteroatoms. The Labute approximate surface area is 97.0 Å². The Hall–Kier alpha value is -1.35. The third-order valence-corrected chi connectivity index (χ3v) is 2.84. The van der Waals surface area contributed by atoms with E-state index in [1.54, 1.807) is 0 Å². The predicted molar refractivity (Wildman–Crippen MR) is 66.0 cm³/mol. The van der Waals surface area contributed by atoms with Crippen molar-refractivity contribution >= 4 is 5.91 Å². The molecule has 3 N–H and O–H groups in total. The molecule has 0 aromatic heterocycles. The molecule has 0 saturated carbocycles. The van der Waals surface area contributed by atoms with Crippen LogP contribution in [-0.2, 0) is 11.3 Å². The molecular formula is C13H20N2O. The summed E-state index contributed by atoms with van der Waals surface area (Å²) in [6.45, 7) is 4.99. The summed E-state index contributed by atoms with van der Waals surface area (Å²) in [6, 6.07) is 8.35. The summed E-state index contributed by atoms with van der Waals surface area (Å²) in [7, 11) is 0. The van der Waals surface area contributed by atoms with Gasteiger partial charge in [0.2, 0.25) is 5.91 Å². The monoisotopic (exact) mass is 220 g/mol. The van der Waals surface area contributed by atoms with Crippen molar-refractivity contribution in [1.82, 2.24) is 5.32 Å². The van der Waals surface area contributed by atoms with Gasteiger partial charge < -0.3 is 11.1 Å². The second-order valence-electron chi connectivity index (χ2n) is 4.03. The van der Waals surface area contributed by atoms with Gasteiger partial charge in [0.25, 0.3) is 0 Å². The fourth-order valence-corrected chi connectivity index (χ4v) is 1.47. The SMILES string of the molecule is CCC(C)c1ccc(CNC(=O)CN)cc1. The topological polar surface area (TPSA) is 55.1 Å². The van der Waals surface area contributed by atoms with Gasteiger partial charge in [-0.2, -0.15) is 0 Å². The Morgan fingerprint density at radius 1 is 1.38 bits per heavy atom. The van der Waals surface area contributed by atoms with Crippen molar-refractivity contribution < 1.29 is 4.79 Å². The average Bonchev–Trinajstić information content (AvgIpc) is 2.35. The highest BCUT2D eigenvalue weighted by atomic mass is 16.1. The van der Waals surface area contributed by atoms with Gasteiger partial charge in [-0.05, 0) is 23.5 Å². The van der Waals surface area contributed by atoms with Crippen molar-refractivity contribution in [2.24, 2.45) is 5.73 Å². The molecule has 0 saturated heterocycles. The van der Waals surface area contributed by atoms with Gasteiger partial charge in [-0.1, -0.05) is 38.1 Å². The Bertz CT molecular complexity index is 332. The van der Waals surface area contributed by atoms with E-state index in [1.807, 2.05) is 0 Å². The zero-order chi connectivity index (χ0) is 12.0. The normalized spacial score (nSPS) is 12.2. The van der Waals surface area contributed by atoms with E-state index < -0.39 is 0 Å². The number of hydrogen-bond acceptors (Lipinski definition) is 2. The molecule has 0 aliphatic heterocycles. The first-order chi connectivity index (χ1) is 7.67. The number of benzene rings is 1. The maximum Gasteiger partial charge on any atom is 0.234 e. The molecule has 0 spiro atoms. The number of carbonyl (C=O) groups is 1.